The molecule has 1 saturated carbocycles. The molecular weight excluding hydrogens is 516 g/mol. The Morgan fingerprint density at radius 1 is 1.17 bits per heavy atom. The summed E-state index contributed by atoms with van der Waals surface area (Å²) in [6.45, 7) is 3.85. The number of pyridine rings is 1. The summed E-state index contributed by atoms with van der Waals surface area (Å²) in [5.74, 6) is -5.96. The van der Waals surface area contributed by atoms with Gasteiger partial charge in [-0.05, 0) is 39.2 Å². The Bertz CT molecular complexity index is 1240. The number of ether oxygens (including phenoxy) is 2. The number of nitrogens with two attached hydrogens (primary N) is 1. The van der Waals surface area contributed by atoms with Crippen molar-refractivity contribution in [1.82, 2.24) is 4.57 Å². The summed E-state index contributed by atoms with van der Waals surface area (Å²) in [4.78, 5) is 53.4. The number of hydrogen-bond donors (Lipinski definition) is 1. The third kappa shape index (κ3) is 5.07. The number of esters is 2. The average molecular weight is 544 g/mol. The molecule has 1 aliphatic heterocycles. The molecule has 1 saturated heterocycles. The van der Waals surface area contributed by atoms with E-state index in [2.05, 4.69) is 0 Å². The van der Waals surface area contributed by atoms with Crippen LogP contribution in [0.3, 0.4) is 0 Å². The standard InChI is InChI=1S/C24H27ClFN3O6.ClH/c1-3-34-23(32)17(24(33)35-4-2)22(31)15-11-29(13-5-6-13)19-14(21(15)30)9-16(26)20(18(19)25)28-8-7-12(27)10-28;/h9,11-13,17H,3-8,10,27H2,1-2H3;1H/t12-;/m1./s1. The van der Waals surface area contributed by atoms with E-state index in [9.17, 15) is 19.2 Å². The molecule has 0 spiro atoms. The topological polar surface area (TPSA) is 121 Å². The lowest BCUT2D eigenvalue weighted by Gasteiger charge is -2.23. The van der Waals surface area contributed by atoms with Gasteiger partial charge >= 0.3 is 11.9 Å². The van der Waals surface area contributed by atoms with Crippen molar-refractivity contribution in [2.24, 2.45) is 11.7 Å². The average Bonchev–Trinajstić information content (AvgIpc) is 3.56. The van der Waals surface area contributed by atoms with Crippen molar-refractivity contribution in [3.05, 3.63) is 38.9 Å². The zero-order valence-electron chi connectivity index (χ0n) is 19.9. The fourth-order valence-electron chi connectivity index (χ4n) is 4.44. The lowest BCUT2D eigenvalue weighted by Crippen LogP contribution is -2.37. The zero-order chi connectivity index (χ0) is 25.4. The van der Waals surface area contributed by atoms with Gasteiger partial charge in [0.25, 0.3) is 0 Å². The van der Waals surface area contributed by atoms with E-state index in [1.54, 1.807) is 9.47 Å². The van der Waals surface area contributed by atoms with Crippen LogP contribution in [0.4, 0.5) is 10.1 Å². The molecule has 1 aromatic carbocycles. The number of benzene rings is 1. The van der Waals surface area contributed by atoms with Gasteiger partial charge in [-0.25, -0.2) is 4.39 Å². The van der Waals surface area contributed by atoms with Gasteiger partial charge in [0.15, 0.2) is 11.2 Å². The number of fused-ring (bicyclic) bond motifs is 1. The van der Waals surface area contributed by atoms with Crippen LogP contribution in [0.15, 0.2) is 17.1 Å². The summed E-state index contributed by atoms with van der Waals surface area (Å²) in [6.07, 6.45) is 3.52. The van der Waals surface area contributed by atoms with Gasteiger partial charge in [-0.15, -0.1) is 12.4 Å². The Kier molecular flexibility index (Phi) is 8.63. The summed E-state index contributed by atoms with van der Waals surface area (Å²) in [6, 6.07) is 0.877. The number of hydrogen-bond acceptors (Lipinski definition) is 8. The molecule has 0 amide bonds. The first-order chi connectivity index (χ1) is 16.7. The van der Waals surface area contributed by atoms with E-state index in [0.717, 1.165) is 18.9 Å². The first-order valence-electron chi connectivity index (χ1n) is 11.6. The number of rotatable bonds is 8. The van der Waals surface area contributed by atoms with E-state index < -0.39 is 40.4 Å². The number of ketones is 1. The normalized spacial score (nSPS) is 17.3. The Balaban J connectivity index is 0.00000361. The van der Waals surface area contributed by atoms with Crippen molar-refractivity contribution >= 4 is 58.3 Å². The highest BCUT2D eigenvalue weighted by molar-refractivity contribution is 6.38. The molecule has 0 radical (unpaired) electrons. The molecule has 2 N–H and O–H groups in total. The SMILES string of the molecule is CCOC(=O)C(C(=O)OCC)C(=O)c1cn(C2CC2)c2c(Cl)c(N3CC[C@@H](N)C3)c(F)cc2c1=O.Cl. The van der Waals surface area contributed by atoms with Crippen molar-refractivity contribution in [2.45, 2.75) is 45.2 Å². The highest BCUT2D eigenvalue weighted by Crippen LogP contribution is 2.42. The largest absolute Gasteiger partial charge is 0.465 e. The Morgan fingerprint density at radius 2 is 1.78 bits per heavy atom. The predicted octanol–water partition coefficient (Wildman–Crippen LogP) is 3.01. The van der Waals surface area contributed by atoms with Crippen LogP contribution < -0.4 is 16.1 Å². The second-order valence-corrected chi connectivity index (χ2v) is 9.10. The molecule has 1 atom stereocenters. The van der Waals surface area contributed by atoms with Crippen LogP contribution in [0.1, 0.15) is 49.5 Å². The first-order valence-corrected chi connectivity index (χ1v) is 12.0. The maximum atomic E-state index is 15.3. The molecule has 2 aromatic rings. The molecule has 9 nitrogen and oxygen atoms in total. The molecule has 0 unspecified atom stereocenters. The minimum absolute atomic E-state index is 0. The van der Waals surface area contributed by atoms with Crippen LogP contribution in [0, 0.1) is 11.7 Å². The number of aromatic nitrogens is 1. The van der Waals surface area contributed by atoms with E-state index in [-0.39, 0.29) is 53.8 Å². The Labute approximate surface area is 218 Å². The van der Waals surface area contributed by atoms with Crippen molar-refractivity contribution < 1.29 is 28.2 Å². The molecule has 2 fully saturated rings. The maximum Gasteiger partial charge on any atom is 0.328 e. The second-order valence-electron chi connectivity index (χ2n) is 8.72. The minimum Gasteiger partial charge on any atom is -0.465 e. The summed E-state index contributed by atoms with van der Waals surface area (Å²) in [5.41, 5.74) is 5.19. The van der Waals surface area contributed by atoms with E-state index >= 15 is 4.39 Å². The van der Waals surface area contributed by atoms with Crippen LogP contribution in [0.2, 0.25) is 5.02 Å². The van der Waals surface area contributed by atoms with Gasteiger partial charge in [0.2, 0.25) is 5.92 Å². The maximum absolute atomic E-state index is 15.3. The summed E-state index contributed by atoms with van der Waals surface area (Å²) >= 11 is 6.69. The lowest BCUT2D eigenvalue weighted by atomic mass is 9.96. The predicted molar refractivity (Wildman–Crippen MR) is 135 cm³/mol. The molecule has 196 valence electrons. The zero-order valence-corrected chi connectivity index (χ0v) is 21.5. The fraction of sp³-hybridized carbons (Fsp3) is 0.500. The van der Waals surface area contributed by atoms with Gasteiger partial charge in [-0.1, -0.05) is 11.6 Å². The molecule has 0 bridgehead atoms. The van der Waals surface area contributed by atoms with Crippen molar-refractivity contribution in [1.29, 1.82) is 0 Å². The summed E-state index contributed by atoms with van der Waals surface area (Å²) in [7, 11) is 0. The smallest absolute Gasteiger partial charge is 0.328 e. The number of carbonyl (C=O) groups is 3. The molecule has 36 heavy (non-hydrogen) atoms. The minimum atomic E-state index is -1.96. The molecular formula is C24H28Cl2FN3O6. The molecule has 2 aliphatic rings. The van der Waals surface area contributed by atoms with Gasteiger partial charge in [0.1, 0.15) is 5.82 Å². The van der Waals surface area contributed by atoms with E-state index in [1.807, 2.05) is 0 Å². The molecule has 2 heterocycles. The number of anilines is 1. The molecule has 4 rings (SSSR count). The van der Waals surface area contributed by atoms with Crippen molar-refractivity contribution in [2.75, 3.05) is 31.2 Å². The fourth-order valence-corrected chi connectivity index (χ4v) is 4.85. The Hall–Kier alpha value is -2.69. The van der Waals surface area contributed by atoms with Gasteiger partial charge in [-0.2, -0.15) is 0 Å². The first kappa shape index (κ1) is 27.9. The second kappa shape index (κ2) is 11.1. The van der Waals surface area contributed by atoms with Crippen LogP contribution in [-0.4, -0.2) is 54.6 Å². The third-order valence-corrected chi connectivity index (χ3v) is 6.60. The van der Waals surface area contributed by atoms with E-state index in [1.165, 1.54) is 20.0 Å². The van der Waals surface area contributed by atoms with E-state index in [0.29, 0.717) is 25.0 Å². The Morgan fingerprint density at radius 3 is 2.28 bits per heavy atom. The number of Topliss-reactive ketones (excluding diaryl/α,β-unsaturated/α-hetero) is 1. The number of carbonyl (C=O) groups excluding carboxylic acids is 3. The third-order valence-electron chi connectivity index (χ3n) is 6.24. The van der Waals surface area contributed by atoms with Crippen molar-refractivity contribution in [3.8, 4) is 0 Å². The summed E-state index contributed by atoms with van der Waals surface area (Å²) < 4.78 is 26.7. The molecule has 1 aromatic heterocycles. The van der Waals surface area contributed by atoms with Gasteiger partial charge in [0, 0.05) is 31.4 Å². The number of halogens is 3. The quantitative estimate of drug-likeness (QED) is 0.306. The monoisotopic (exact) mass is 543 g/mol. The van der Waals surface area contributed by atoms with Crippen molar-refractivity contribution in [3.63, 3.8) is 0 Å². The number of nitrogens with zero attached hydrogens (tertiary/aromatic N) is 2. The van der Waals surface area contributed by atoms with Gasteiger partial charge < -0.3 is 24.7 Å². The van der Waals surface area contributed by atoms with Crippen LogP contribution >= 0.6 is 24.0 Å². The molecule has 12 heteroatoms. The highest BCUT2D eigenvalue weighted by atomic mass is 35.5. The van der Waals surface area contributed by atoms with E-state index in [4.69, 9.17) is 26.8 Å². The van der Waals surface area contributed by atoms with Crippen LogP contribution in [0.25, 0.3) is 10.9 Å². The molecule has 1 aliphatic carbocycles. The van der Waals surface area contributed by atoms with Gasteiger partial charge in [-0.3, -0.25) is 19.2 Å². The van der Waals surface area contributed by atoms with Crippen LogP contribution in [-0.2, 0) is 19.1 Å². The van der Waals surface area contributed by atoms with Crippen LogP contribution in [0.5, 0.6) is 0 Å². The van der Waals surface area contributed by atoms with Gasteiger partial charge in [0.05, 0.1) is 40.4 Å². The summed E-state index contributed by atoms with van der Waals surface area (Å²) in [5, 5.41) is -0.0478. The highest BCUT2D eigenvalue weighted by Gasteiger charge is 2.40. The lowest BCUT2D eigenvalue weighted by molar-refractivity contribution is -0.158.